The first-order valence-electron chi connectivity index (χ1n) is 9.54. The number of hydrogen-bond donors (Lipinski definition) is 1. The van der Waals surface area contributed by atoms with E-state index in [2.05, 4.69) is 15.2 Å². The van der Waals surface area contributed by atoms with Gasteiger partial charge < -0.3 is 24.6 Å². The smallest absolute Gasteiger partial charge is 0.269 e. The molecule has 2 aromatic rings. The molecule has 0 unspecified atom stereocenters. The molecule has 1 N–H and O–H groups in total. The predicted molar refractivity (Wildman–Crippen MR) is 110 cm³/mol. The van der Waals surface area contributed by atoms with Crippen molar-refractivity contribution >= 4 is 18.0 Å². The van der Waals surface area contributed by atoms with E-state index < -0.39 is 0 Å². The summed E-state index contributed by atoms with van der Waals surface area (Å²) in [7, 11) is 3.20. The number of methoxy groups -OCH3 is 2. The molecule has 1 aromatic carbocycles. The Morgan fingerprint density at radius 3 is 2.48 bits per heavy atom. The van der Waals surface area contributed by atoms with Gasteiger partial charge >= 0.3 is 0 Å². The Labute approximate surface area is 170 Å². The molecule has 8 heteroatoms. The van der Waals surface area contributed by atoms with E-state index in [1.807, 2.05) is 24.3 Å². The molecule has 1 aliphatic rings. The highest BCUT2D eigenvalue weighted by Gasteiger charge is 2.16. The quantitative estimate of drug-likeness (QED) is 0.676. The van der Waals surface area contributed by atoms with E-state index in [1.54, 1.807) is 31.4 Å². The normalized spacial score (nSPS) is 13.7. The Kier molecular flexibility index (Phi) is 6.89. The second-order valence-corrected chi connectivity index (χ2v) is 6.73. The maximum absolute atomic E-state index is 12.4. The zero-order valence-corrected chi connectivity index (χ0v) is 16.8. The van der Waals surface area contributed by atoms with Crippen LogP contribution in [0.2, 0.25) is 0 Å². The van der Waals surface area contributed by atoms with Crippen LogP contribution in [0.5, 0.6) is 11.5 Å². The fraction of sp³-hybridized carbons (Fsp3) is 0.381. The third-order valence-electron chi connectivity index (χ3n) is 4.96. The molecule has 1 aromatic heterocycles. The number of carbonyl (C=O) groups excluding carboxylic acids is 2. The maximum Gasteiger partial charge on any atom is 0.269 e. The van der Waals surface area contributed by atoms with Crippen LogP contribution >= 0.6 is 0 Å². The number of piperazine rings is 1. The van der Waals surface area contributed by atoms with Gasteiger partial charge in [-0.25, -0.2) is 4.98 Å². The molecule has 0 spiro atoms. The second-order valence-electron chi connectivity index (χ2n) is 6.73. The number of nitrogens with one attached hydrogen (secondary N) is 1. The summed E-state index contributed by atoms with van der Waals surface area (Å²) in [5.41, 5.74) is 2.38. The minimum absolute atomic E-state index is 0.206. The van der Waals surface area contributed by atoms with Gasteiger partial charge in [0.1, 0.15) is 5.69 Å². The van der Waals surface area contributed by atoms with Gasteiger partial charge in [0.2, 0.25) is 6.41 Å². The van der Waals surface area contributed by atoms with Crippen molar-refractivity contribution in [3.8, 4) is 11.5 Å². The van der Waals surface area contributed by atoms with Crippen LogP contribution in [0.4, 0.5) is 5.69 Å². The molecule has 1 aliphatic heterocycles. The molecule has 3 rings (SSSR count). The van der Waals surface area contributed by atoms with Crippen molar-refractivity contribution in [1.29, 1.82) is 0 Å². The van der Waals surface area contributed by atoms with Gasteiger partial charge in [0.25, 0.3) is 5.91 Å². The standard InChI is InChI=1S/C21H26N4O4/c1-28-19-6-3-16(13-20(19)29-2)7-8-22-21(27)18-5-4-17(14-23-18)25-11-9-24(15-26)10-12-25/h3-6,13-15H,7-12H2,1-2H3,(H,22,27). The number of carbonyl (C=O) groups is 2. The molecule has 1 fully saturated rings. The number of hydrogen-bond acceptors (Lipinski definition) is 6. The zero-order chi connectivity index (χ0) is 20.6. The van der Waals surface area contributed by atoms with Crippen molar-refractivity contribution in [3.63, 3.8) is 0 Å². The van der Waals surface area contributed by atoms with Crippen molar-refractivity contribution in [1.82, 2.24) is 15.2 Å². The Morgan fingerprint density at radius 2 is 1.86 bits per heavy atom. The number of ether oxygens (including phenoxy) is 2. The lowest BCUT2D eigenvalue weighted by Gasteiger charge is -2.33. The van der Waals surface area contributed by atoms with E-state index in [-0.39, 0.29) is 5.91 Å². The Hall–Kier alpha value is -3.29. The van der Waals surface area contributed by atoms with Crippen LogP contribution in [0.3, 0.4) is 0 Å². The lowest BCUT2D eigenvalue weighted by atomic mass is 10.1. The molecule has 0 aliphatic carbocycles. The van der Waals surface area contributed by atoms with Crippen LogP contribution < -0.4 is 19.7 Å². The highest BCUT2D eigenvalue weighted by molar-refractivity contribution is 5.92. The molecule has 2 amide bonds. The summed E-state index contributed by atoms with van der Waals surface area (Å²) in [6.07, 6.45) is 3.26. The van der Waals surface area contributed by atoms with Gasteiger partial charge in [-0.2, -0.15) is 0 Å². The van der Waals surface area contributed by atoms with Crippen molar-refractivity contribution in [2.45, 2.75) is 6.42 Å². The van der Waals surface area contributed by atoms with Crippen molar-refractivity contribution in [2.75, 3.05) is 51.8 Å². The van der Waals surface area contributed by atoms with Crippen LogP contribution in [-0.4, -0.2) is 69.1 Å². The third kappa shape index (κ3) is 5.16. The summed E-state index contributed by atoms with van der Waals surface area (Å²) in [5, 5.41) is 2.89. The highest BCUT2D eigenvalue weighted by Crippen LogP contribution is 2.27. The number of benzene rings is 1. The molecule has 0 atom stereocenters. The predicted octanol–water partition coefficient (Wildman–Crippen LogP) is 1.35. The summed E-state index contributed by atoms with van der Waals surface area (Å²) in [4.78, 5) is 31.4. The van der Waals surface area contributed by atoms with Gasteiger partial charge in [0, 0.05) is 32.7 Å². The number of aromatic nitrogens is 1. The van der Waals surface area contributed by atoms with E-state index >= 15 is 0 Å². The molecule has 0 bridgehead atoms. The summed E-state index contributed by atoms with van der Waals surface area (Å²) in [5.74, 6) is 1.14. The largest absolute Gasteiger partial charge is 0.493 e. The first-order valence-corrected chi connectivity index (χ1v) is 9.54. The van der Waals surface area contributed by atoms with E-state index in [9.17, 15) is 9.59 Å². The molecule has 0 radical (unpaired) electrons. The molecule has 1 saturated heterocycles. The number of rotatable bonds is 8. The monoisotopic (exact) mass is 398 g/mol. The van der Waals surface area contributed by atoms with Crippen LogP contribution in [0, 0.1) is 0 Å². The molecule has 2 heterocycles. The number of pyridine rings is 1. The van der Waals surface area contributed by atoms with Crippen LogP contribution in [0.1, 0.15) is 16.1 Å². The van der Waals surface area contributed by atoms with Gasteiger partial charge in [-0.1, -0.05) is 6.07 Å². The second kappa shape index (κ2) is 9.77. The van der Waals surface area contributed by atoms with Crippen LogP contribution in [-0.2, 0) is 11.2 Å². The number of anilines is 1. The summed E-state index contributed by atoms with van der Waals surface area (Å²) in [6.45, 7) is 3.41. The Balaban J connectivity index is 1.50. The fourth-order valence-corrected chi connectivity index (χ4v) is 3.24. The number of amides is 2. The highest BCUT2D eigenvalue weighted by atomic mass is 16.5. The first-order chi connectivity index (χ1) is 14.1. The SMILES string of the molecule is COc1ccc(CCNC(=O)c2ccc(N3CCN(C=O)CC3)cn2)cc1OC. The Bertz CT molecular complexity index is 833. The van der Waals surface area contributed by atoms with E-state index in [1.165, 1.54) is 0 Å². The van der Waals surface area contributed by atoms with Crippen LogP contribution in [0.15, 0.2) is 36.5 Å². The lowest BCUT2D eigenvalue weighted by molar-refractivity contribution is -0.118. The third-order valence-corrected chi connectivity index (χ3v) is 4.96. The van der Waals surface area contributed by atoms with Gasteiger partial charge in [0.15, 0.2) is 11.5 Å². The van der Waals surface area contributed by atoms with Crippen LogP contribution in [0.25, 0.3) is 0 Å². The first kappa shape index (κ1) is 20.4. The van der Waals surface area contributed by atoms with Crippen molar-refractivity contribution < 1.29 is 19.1 Å². The van der Waals surface area contributed by atoms with Gasteiger partial charge in [-0.3, -0.25) is 9.59 Å². The Morgan fingerprint density at radius 1 is 1.10 bits per heavy atom. The van der Waals surface area contributed by atoms with E-state index in [0.717, 1.165) is 30.8 Å². The summed E-state index contributed by atoms with van der Waals surface area (Å²) < 4.78 is 10.5. The lowest BCUT2D eigenvalue weighted by Crippen LogP contribution is -2.45. The topological polar surface area (TPSA) is 84.0 Å². The number of nitrogens with zero attached hydrogens (tertiary/aromatic N) is 3. The average molecular weight is 398 g/mol. The van der Waals surface area contributed by atoms with Gasteiger partial charge in [-0.05, 0) is 36.2 Å². The fourth-order valence-electron chi connectivity index (χ4n) is 3.24. The molecule has 29 heavy (non-hydrogen) atoms. The van der Waals surface area contributed by atoms with Gasteiger partial charge in [0.05, 0.1) is 26.1 Å². The molecule has 154 valence electrons. The maximum atomic E-state index is 12.4. The average Bonchev–Trinajstić information content (AvgIpc) is 2.79. The zero-order valence-electron chi connectivity index (χ0n) is 16.8. The molecule has 0 saturated carbocycles. The molecular weight excluding hydrogens is 372 g/mol. The van der Waals surface area contributed by atoms with Gasteiger partial charge in [-0.15, -0.1) is 0 Å². The summed E-state index contributed by atoms with van der Waals surface area (Å²) >= 11 is 0. The van der Waals surface area contributed by atoms with Crippen molar-refractivity contribution in [2.24, 2.45) is 0 Å². The van der Waals surface area contributed by atoms with Crippen molar-refractivity contribution in [3.05, 3.63) is 47.8 Å². The minimum atomic E-state index is -0.206. The minimum Gasteiger partial charge on any atom is -0.493 e. The van der Waals surface area contributed by atoms with E-state index in [4.69, 9.17) is 9.47 Å². The van der Waals surface area contributed by atoms with E-state index in [0.29, 0.717) is 43.2 Å². The molecule has 8 nitrogen and oxygen atoms in total. The summed E-state index contributed by atoms with van der Waals surface area (Å²) in [6, 6.07) is 9.33. The molecular formula is C21H26N4O4.